The van der Waals surface area contributed by atoms with Crippen molar-refractivity contribution in [2.45, 2.75) is 24.2 Å². The fourth-order valence-electron chi connectivity index (χ4n) is 4.17. The molecule has 2 aliphatic rings. The van der Waals surface area contributed by atoms with Crippen molar-refractivity contribution in [1.29, 1.82) is 0 Å². The number of ether oxygens (including phenoxy) is 3. The number of nitrogens with one attached hydrogen (secondary N) is 1. The Morgan fingerprint density at radius 3 is 2.62 bits per heavy atom. The van der Waals surface area contributed by atoms with Crippen molar-refractivity contribution < 1.29 is 36.6 Å². The highest BCUT2D eigenvalue weighted by Gasteiger charge is 2.33. The second kappa shape index (κ2) is 9.69. The Balaban J connectivity index is 1.49. The van der Waals surface area contributed by atoms with Crippen molar-refractivity contribution in [2.24, 2.45) is 0 Å². The van der Waals surface area contributed by atoms with Gasteiger partial charge in [-0.15, -0.1) is 0 Å². The lowest BCUT2D eigenvalue weighted by molar-refractivity contribution is -0.118. The predicted octanol–water partition coefficient (Wildman–Crippen LogP) is 2.56. The number of benzene rings is 2. The lowest BCUT2D eigenvalue weighted by atomic mass is 10.0. The van der Waals surface area contributed by atoms with Gasteiger partial charge in [-0.25, -0.2) is 12.8 Å². The first-order valence-corrected chi connectivity index (χ1v) is 12.2. The molecule has 1 aliphatic carbocycles. The number of fused-ring (bicyclic) bond motifs is 1. The van der Waals surface area contributed by atoms with Gasteiger partial charge < -0.3 is 19.5 Å². The van der Waals surface area contributed by atoms with Crippen molar-refractivity contribution in [1.82, 2.24) is 4.31 Å². The van der Waals surface area contributed by atoms with Crippen LogP contribution in [0.4, 0.5) is 10.1 Å². The first-order valence-electron chi connectivity index (χ1n) is 10.8. The summed E-state index contributed by atoms with van der Waals surface area (Å²) in [7, 11) is -2.50. The zero-order valence-electron chi connectivity index (χ0n) is 18.8. The summed E-state index contributed by atoms with van der Waals surface area (Å²) in [6.45, 7) is 2.34. The van der Waals surface area contributed by atoms with Gasteiger partial charge in [-0.05, 0) is 36.2 Å². The number of nitrogens with zero attached hydrogens (tertiary/aromatic N) is 1. The summed E-state index contributed by atoms with van der Waals surface area (Å²) in [5, 5.41) is 2.59. The van der Waals surface area contributed by atoms with Gasteiger partial charge in [-0.3, -0.25) is 9.59 Å². The molecule has 2 aromatic carbocycles. The summed E-state index contributed by atoms with van der Waals surface area (Å²) < 4.78 is 57.6. The number of carbonyl (C=O) groups excluding carboxylic acids is 2. The summed E-state index contributed by atoms with van der Waals surface area (Å²) in [5.41, 5.74) is 0.704. The molecule has 2 aromatic rings. The van der Waals surface area contributed by atoms with Gasteiger partial charge in [-0.1, -0.05) is 6.92 Å². The van der Waals surface area contributed by atoms with Crippen LogP contribution in [0.15, 0.2) is 35.2 Å². The number of hydrogen-bond donors (Lipinski definition) is 1. The Kier molecular flexibility index (Phi) is 6.87. The van der Waals surface area contributed by atoms with Crippen molar-refractivity contribution in [3.8, 4) is 11.5 Å². The van der Waals surface area contributed by atoms with Crippen LogP contribution < -0.4 is 14.8 Å². The molecule has 1 fully saturated rings. The van der Waals surface area contributed by atoms with Gasteiger partial charge in [0.15, 0.2) is 12.4 Å². The van der Waals surface area contributed by atoms with E-state index in [4.69, 9.17) is 14.2 Å². The number of carbonyl (C=O) groups is 2. The Bertz CT molecular complexity index is 1230. The quantitative estimate of drug-likeness (QED) is 0.632. The molecule has 4 rings (SSSR count). The van der Waals surface area contributed by atoms with E-state index in [0.717, 1.165) is 0 Å². The maximum Gasteiger partial charge on any atom is 0.262 e. The molecule has 1 heterocycles. The third-order valence-corrected chi connectivity index (χ3v) is 7.73. The molecule has 1 N–H and O–H groups in total. The highest BCUT2D eigenvalue weighted by atomic mass is 32.2. The smallest absolute Gasteiger partial charge is 0.262 e. The van der Waals surface area contributed by atoms with Gasteiger partial charge in [-0.2, -0.15) is 4.31 Å². The van der Waals surface area contributed by atoms with Gasteiger partial charge in [0.05, 0.1) is 25.9 Å². The van der Waals surface area contributed by atoms with Gasteiger partial charge in [0.2, 0.25) is 10.0 Å². The molecule has 0 aromatic heterocycles. The van der Waals surface area contributed by atoms with Crippen molar-refractivity contribution >= 4 is 27.4 Å². The minimum Gasteiger partial charge on any atom is -0.495 e. The van der Waals surface area contributed by atoms with Gasteiger partial charge >= 0.3 is 0 Å². The van der Waals surface area contributed by atoms with Crippen LogP contribution in [0.25, 0.3) is 0 Å². The molecule has 0 spiro atoms. The molecule has 182 valence electrons. The lowest BCUT2D eigenvalue weighted by Gasteiger charge is -2.26. The van der Waals surface area contributed by atoms with E-state index in [1.165, 1.54) is 41.7 Å². The number of hydrogen-bond acceptors (Lipinski definition) is 7. The zero-order valence-corrected chi connectivity index (χ0v) is 19.6. The molecule has 1 atom stereocenters. The van der Waals surface area contributed by atoms with E-state index in [1.54, 1.807) is 6.92 Å². The van der Waals surface area contributed by atoms with E-state index < -0.39 is 28.4 Å². The molecule has 1 amide bonds. The molecule has 1 saturated heterocycles. The lowest BCUT2D eigenvalue weighted by Crippen LogP contribution is -2.40. The van der Waals surface area contributed by atoms with Crippen LogP contribution in [0, 0.1) is 5.82 Å². The highest BCUT2D eigenvalue weighted by Crippen LogP contribution is 2.39. The number of morpholine rings is 1. The summed E-state index contributed by atoms with van der Waals surface area (Å²) in [4.78, 5) is 24.7. The molecular formula is C23H25FN2O7S. The average molecular weight is 493 g/mol. The van der Waals surface area contributed by atoms with Gasteiger partial charge in [0.1, 0.15) is 22.2 Å². The monoisotopic (exact) mass is 492 g/mol. The van der Waals surface area contributed by atoms with E-state index in [2.05, 4.69) is 5.32 Å². The minimum absolute atomic E-state index is 0.0773. The van der Waals surface area contributed by atoms with Crippen LogP contribution in [0.5, 0.6) is 11.5 Å². The van der Waals surface area contributed by atoms with Crippen LogP contribution in [-0.4, -0.2) is 64.4 Å². The summed E-state index contributed by atoms with van der Waals surface area (Å²) in [5.74, 6) is -1.24. The summed E-state index contributed by atoms with van der Waals surface area (Å²) in [6, 6.07) is 6.83. The molecule has 11 heteroatoms. The van der Waals surface area contributed by atoms with E-state index >= 15 is 0 Å². The fraction of sp³-hybridized carbons (Fsp3) is 0.391. The minimum atomic E-state index is -3.87. The predicted molar refractivity (Wildman–Crippen MR) is 120 cm³/mol. The molecule has 0 bridgehead atoms. The van der Waals surface area contributed by atoms with Gasteiger partial charge in [0.25, 0.3) is 5.91 Å². The Morgan fingerprint density at radius 2 is 1.91 bits per heavy atom. The van der Waals surface area contributed by atoms with Gasteiger partial charge in [0, 0.05) is 30.8 Å². The van der Waals surface area contributed by atoms with Crippen LogP contribution in [-0.2, 0) is 19.6 Å². The van der Waals surface area contributed by atoms with Crippen molar-refractivity contribution in [2.75, 3.05) is 45.3 Å². The largest absolute Gasteiger partial charge is 0.495 e. The molecule has 34 heavy (non-hydrogen) atoms. The highest BCUT2D eigenvalue weighted by molar-refractivity contribution is 7.89. The Hall–Kier alpha value is -3.02. The molecule has 1 aliphatic heterocycles. The average Bonchev–Trinajstić information content (AvgIpc) is 3.14. The topological polar surface area (TPSA) is 111 Å². The Morgan fingerprint density at radius 1 is 1.21 bits per heavy atom. The van der Waals surface area contributed by atoms with Crippen LogP contribution in [0.1, 0.15) is 35.2 Å². The van der Waals surface area contributed by atoms with E-state index in [-0.39, 0.29) is 58.9 Å². The zero-order chi connectivity index (χ0) is 24.5. The maximum absolute atomic E-state index is 14.2. The Labute approximate surface area is 196 Å². The van der Waals surface area contributed by atoms with E-state index in [9.17, 15) is 22.4 Å². The number of rotatable bonds is 7. The fourth-order valence-corrected chi connectivity index (χ4v) is 5.76. The number of halogens is 1. The number of ketones is 1. The van der Waals surface area contributed by atoms with E-state index in [1.807, 2.05) is 0 Å². The maximum atomic E-state index is 14.2. The molecule has 9 nitrogen and oxygen atoms in total. The van der Waals surface area contributed by atoms with Crippen LogP contribution in [0.2, 0.25) is 0 Å². The van der Waals surface area contributed by atoms with Crippen LogP contribution >= 0.6 is 0 Å². The number of methoxy groups -OCH3 is 1. The van der Waals surface area contributed by atoms with Crippen molar-refractivity contribution in [3.05, 3.63) is 47.3 Å². The third-order valence-electron chi connectivity index (χ3n) is 5.81. The SMILES string of the molecule is COc1ccc(NC(=O)COc2ccc(F)c3c2C(=O)CC3C)cc1S(=O)(=O)N1CCOCC1. The molecule has 1 unspecified atom stereocenters. The first-order chi connectivity index (χ1) is 16.2. The molecular weight excluding hydrogens is 467 g/mol. The third kappa shape index (κ3) is 4.63. The second-order valence-corrected chi connectivity index (χ2v) is 9.99. The summed E-state index contributed by atoms with van der Waals surface area (Å²) >= 11 is 0. The summed E-state index contributed by atoms with van der Waals surface area (Å²) in [6.07, 6.45) is 0.186. The molecule has 0 radical (unpaired) electrons. The number of amides is 1. The van der Waals surface area contributed by atoms with Crippen molar-refractivity contribution in [3.63, 3.8) is 0 Å². The van der Waals surface area contributed by atoms with E-state index in [0.29, 0.717) is 18.8 Å². The number of sulfonamides is 1. The standard InChI is InChI=1S/C23H25FN2O7S/c1-14-11-17(27)23-19(6-4-16(24)22(14)23)33-13-21(28)25-15-3-5-18(31-2)20(12-15)34(29,30)26-7-9-32-10-8-26/h3-6,12,14H,7-11,13H2,1-2H3,(H,25,28). The number of anilines is 1. The first kappa shape index (κ1) is 24.1. The normalized spacial score (nSPS) is 18.4. The molecule has 0 saturated carbocycles. The number of Topliss-reactive ketones (excluding diaryl/α,β-unsaturated/α-hetero) is 1. The van der Waals surface area contributed by atoms with Crippen LogP contribution in [0.3, 0.4) is 0 Å². The second-order valence-electron chi connectivity index (χ2n) is 8.08.